The SMILES string of the molecule is CCCCCCC#CCCCCCCCCCCCCCCCCC. The van der Waals surface area contributed by atoms with Crippen molar-refractivity contribution in [2.75, 3.05) is 0 Å². The second kappa shape index (κ2) is 23.6. The summed E-state index contributed by atoms with van der Waals surface area (Å²) in [6.07, 6.45) is 29.2. The Morgan fingerprint density at radius 2 is 0.560 bits per heavy atom. The molecule has 0 heteroatoms. The summed E-state index contributed by atoms with van der Waals surface area (Å²) in [5, 5.41) is 0. The average molecular weight is 349 g/mol. The molecule has 0 radical (unpaired) electrons. The lowest BCUT2D eigenvalue weighted by atomic mass is 10.0. The van der Waals surface area contributed by atoms with E-state index in [9.17, 15) is 0 Å². The highest BCUT2D eigenvalue weighted by Gasteiger charge is 1.94. The molecule has 0 rings (SSSR count). The lowest BCUT2D eigenvalue weighted by Crippen LogP contribution is -1.83. The lowest BCUT2D eigenvalue weighted by molar-refractivity contribution is 0.533. The van der Waals surface area contributed by atoms with Gasteiger partial charge in [-0.25, -0.2) is 0 Å². The number of hydrogen-bond acceptors (Lipinski definition) is 0. The fourth-order valence-electron chi connectivity index (χ4n) is 3.40. The normalized spacial score (nSPS) is 10.6. The van der Waals surface area contributed by atoms with Gasteiger partial charge in [-0.3, -0.25) is 0 Å². The minimum Gasteiger partial charge on any atom is -0.103 e. The van der Waals surface area contributed by atoms with Crippen molar-refractivity contribution in [3.63, 3.8) is 0 Å². The Hall–Kier alpha value is -0.440. The third-order valence-corrected chi connectivity index (χ3v) is 5.19. The van der Waals surface area contributed by atoms with Crippen molar-refractivity contribution >= 4 is 0 Å². The van der Waals surface area contributed by atoms with Crippen LogP contribution in [0.2, 0.25) is 0 Å². The molecule has 0 amide bonds. The zero-order valence-corrected chi connectivity index (χ0v) is 17.8. The van der Waals surface area contributed by atoms with E-state index in [-0.39, 0.29) is 0 Å². The Balaban J connectivity index is 3.04. The summed E-state index contributed by atoms with van der Waals surface area (Å²) in [5.41, 5.74) is 0. The summed E-state index contributed by atoms with van der Waals surface area (Å²) in [6, 6.07) is 0. The molecule has 0 aromatic heterocycles. The van der Waals surface area contributed by atoms with Gasteiger partial charge in [-0.05, 0) is 12.8 Å². The Labute approximate surface area is 160 Å². The molecule has 0 heterocycles. The van der Waals surface area contributed by atoms with E-state index in [0.29, 0.717) is 0 Å². The third kappa shape index (κ3) is 23.6. The van der Waals surface area contributed by atoms with Gasteiger partial charge in [0.2, 0.25) is 0 Å². The Kier molecular flexibility index (Phi) is 23.1. The molecule has 0 aromatic carbocycles. The van der Waals surface area contributed by atoms with Gasteiger partial charge in [-0.2, -0.15) is 0 Å². The maximum atomic E-state index is 3.36. The molecule has 0 saturated carbocycles. The van der Waals surface area contributed by atoms with Gasteiger partial charge in [0, 0.05) is 12.8 Å². The Bertz CT molecular complexity index is 280. The van der Waals surface area contributed by atoms with Crippen LogP contribution >= 0.6 is 0 Å². The van der Waals surface area contributed by atoms with Crippen LogP contribution < -0.4 is 0 Å². The first-order valence-electron chi connectivity index (χ1n) is 11.9. The number of unbranched alkanes of at least 4 members (excludes halogenated alkanes) is 19. The van der Waals surface area contributed by atoms with Crippen LogP contribution in [0.5, 0.6) is 0 Å². The van der Waals surface area contributed by atoms with Gasteiger partial charge in [0.05, 0.1) is 0 Å². The summed E-state index contributed by atoms with van der Waals surface area (Å²) >= 11 is 0. The molecule has 0 spiro atoms. The van der Waals surface area contributed by atoms with Crippen LogP contribution in [0.3, 0.4) is 0 Å². The molecule has 0 aliphatic carbocycles. The van der Waals surface area contributed by atoms with E-state index in [1.807, 2.05) is 0 Å². The minimum absolute atomic E-state index is 1.12. The smallest absolute Gasteiger partial charge is 0.00886 e. The summed E-state index contributed by atoms with van der Waals surface area (Å²) in [6.45, 7) is 4.56. The summed E-state index contributed by atoms with van der Waals surface area (Å²) in [5.74, 6) is 6.70. The van der Waals surface area contributed by atoms with Crippen molar-refractivity contribution < 1.29 is 0 Å². The van der Waals surface area contributed by atoms with Gasteiger partial charge in [0.25, 0.3) is 0 Å². The molecule has 0 aliphatic heterocycles. The van der Waals surface area contributed by atoms with Crippen molar-refractivity contribution in [3.05, 3.63) is 0 Å². The Morgan fingerprint density at radius 3 is 0.880 bits per heavy atom. The van der Waals surface area contributed by atoms with E-state index < -0.39 is 0 Å². The van der Waals surface area contributed by atoms with Gasteiger partial charge < -0.3 is 0 Å². The molecular formula is C25H48. The van der Waals surface area contributed by atoms with Crippen molar-refractivity contribution in [1.82, 2.24) is 0 Å². The van der Waals surface area contributed by atoms with Crippen LogP contribution in [-0.4, -0.2) is 0 Å². The van der Waals surface area contributed by atoms with E-state index in [2.05, 4.69) is 25.7 Å². The van der Waals surface area contributed by atoms with Crippen LogP contribution in [0.1, 0.15) is 149 Å². The highest BCUT2D eigenvalue weighted by Crippen LogP contribution is 2.13. The number of rotatable bonds is 19. The summed E-state index contributed by atoms with van der Waals surface area (Å²) in [7, 11) is 0. The highest BCUT2D eigenvalue weighted by molar-refractivity contribution is 4.98. The maximum absolute atomic E-state index is 3.36. The van der Waals surface area contributed by atoms with Crippen molar-refractivity contribution in [2.24, 2.45) is 0 Å². The molecule has 148 valence electrons. The van der Waals surface area contributed by atoms with Gasteiger partial charge in [0.15, 0.2) is 0 Å². The van der Waals surface area contributed by atoms with E-state index in [1.54, 1.807) is 0 Å². The van der Waals surface area contributed by atoms with E-state index in [1.165, 1.54) is 122 Å². The van der Waals surface area contributed by atoms with E-state index in [0.717, 1.165) is 12.8 Å². The second-order valence-electron chi connectivity index (χ2n) is 7.86. The van der Waals surface area contributed by atoms with Gasteiger partial charge in [0.1, 0.15) is 0 Å². The van der Waals surface area contributed by atoms with Crippen molar-refractivity contribution in [3.8, 4) is 11.8 Å². The molecule has 25 heavy (non-hydrogen) atoms. The number of hydrogen-bond donors (Lipinski definition) is 0. The van der Waals surface area contributed by atoms with Crippen molar-refractivity contribution in [1.29, 1.82) is 0 Å². The third-order valence-electron chi connectivity index (χ3n) is 5.19. The molecule has 0 saturated heterocycles. The van der Waals surface area contributed by atoms with E-state index in [4.69, 9.17) is 0 Å². The van der Waals surface area contributed by atoms with Crippen LogP contribution in [0, 0.1) is 11.8 Å². The molecule has 0 aliphatic rings. The minimum atomic E-state index is 1.12. The topological polar surface area (TPSA) is 0 Å². The molecule has 0 bridgehead atoms. The molecule has 0 aromatic rings. The van der Waals surface area contributed by atoms with Crippen molar-refractivity contribution in [2.45, 2.75) is 149 Å². The largest absolute Gasteiger partial charge is 0.103 e. The maximum Gasteiger partial charge on any atom is 0.00886 e. The summed E-state index contributed by atoms with van der Waals surface area (Å²) in [4.78, 5) is 0. The standard InChI is InChI=1S/C25H48/c1-3-5-7-9-11-13-15-17-19-21-23-25-24-22-20-18-16-14-12-10-8-6-4-2/h3-13,15,17-25H2,1-2H3. The van der Waals surface area contributed by atoms with Crippen LogP contribution in [0.25, 0.3) is 0 Å². The molecule has 0 nitrogen and oxygen atoms in total. The quantitative estimate of drug-likeness (QED) is 0.161. The fraction of sp³-hybridized carbons (Fsp3) is 0.920. The molecule has 0 N–H and O–H groups in total. The molecular weight excluding hydrogens is 300 g/mol. The van der Waals surface area contributed by atoms with Crippen LogP contribution in [-0.2, 0) is 0 Å². The predicted molar refractivity (Wildman–Crippen MR) is 116 cm³/mol. The first kappa shape index (κ1) is 24.6. The first-order valence-corrected chi connectivity index (χ1v) is 11.9. The first-order chi connectivity index (χ1) is 12.4. The lowest BCUT2D eigenvalue weighted by Gasteiger charge is -2.03. The zero-order valence-electron chi connectivity index (χ0n) is 17.8. The fourth-order valence-corrected chi connectivity index (χ4v) is 3.40. The predicted octanol–water partition coefficient (Wildman–Crippen LogP) is 9.22. The van der Waals surface area contributed by atoms with Gasteiger partial charge in [-0.15, -0.1) is 11.8 Å². The van der Waals surface area contributed by atoms with Crippen LogP contribution in [0.15, 0.2) is 0 Å². The monoisotopic (exact) mass is 348 g/mol. The zero-order chi connectivity index (χ0) is 18.3. The van der Waals surface area contributed by atoms with Gasteiger partial charge in [-0.1, -0.05) is 123 Å². The van der Waals surface area contributed by atoms with Crippen LogP contribution in [0.4, 0.5) is 0 Å². The molecule has 0 atom stereocenters. The highest BCUT2D eigenvalue weighted by atomic mass is 14.0. The van der Waals surface area contributed by atoms with E-state index >= 15 is 0 Å². The Morgan fingerprint density at radius 1 is 0.320 bits per heavy atom. The molecule has 0 unspecified atom stereocenters. The average Bonchev–Trinajstić information content (AvgIpc) is 2.63. The summed E-state index contributed by atoms with van der Waals surface area (Å²) < 4.78 is 0. The van der Waals surface area contributed by atoms with Gasteiger partial charge >= 0.3 is 0 Å². The molecule has 0 fully saturated rings. The second-order valence-corrected chi connectivity index (χ2v) is 7.86.